The number of carbonyl (C=O) groups is 1. The molecule has 1 aliphatic heterocycles. The van der Waals surface area contributed by atoms with E-state index < -0.39 is 5.60 Å². The van der Waals surface area contributed by atoms with Gasteiger partial charge in [0.2, 0.25) is 0 Å². The monoisotopic (exact) mass is 405 g/mol. The molecule has 0 aliphatic carbocycles. The molecular weight excluding hydrogens is 374 g/mol. The summed E-state index contributed by atoms with van der Waals surface area (Å²) in [6, 6.07) is 12.3. The number of rotatable bonds is 3. The van der Waals surface area contributed by atoms with Crippen molar-refractivity contribution in [3.63, 3.8) is 0 Å². The maximum atomic E-state index is 12.7. The Balaban J connectivity index is 1.87. The van der Waals surface area contributed by atoms with Crippen molar-refractivity contribution in [2.24, 2.45) is 4.99 Å². The number of likely N-dealkylation sites (tertiary alicyclic amines) is 1. The first-order valence-electron chi connectivity index (χ1n) is 10.4. The van der Waals surface area contributed by atoms with E-state index in [1.54, 1.807) is 11.0 Å². The molecule has 30 heavy (non-hydrogen) atoms. The molecule has 0 aromatic heterocycles. The molecule has 2 N–H and O–H groups in total. The van der Waals surface area contributed by atoms with Crippen molar-refractivity contribution in [2.75, 3.05) is 13.1 Å². The molecule has 1 aliphatic rings. The summed E-state index contributed by atoms with van der Waals surface area (Å²) in [7, 11) is 0. The van der Waals surface area contributed by atoms with E-state index in [0.717, 1.165) is 22.4 Å². The molecular formula is C25H31N3O2. The normalized spacial score (nSPS) is 16.3. The molecule has 0 atom stereocenters. The van der Waals surface area contributed by atoms with E-state index in [4.69, 9.17) is 4.99 Å². The Morgan fingerprint density at radius 3 is 2.40 bits per heavy atom. The molecule has 0 spiro atoms. The highest BCUT2D eigenvalue weighted by Crippen LogP contribution is 2.34. The van der Waals surface area contributed by atoms with Crippen LogP contribution in [0.15, 0.2) is 54.0 Å². The first-order valence-corrected chi connectivity index (χ1v) is 10.4. The molecule has 158 valence electrons. The van der Waals surface area contributed by atoms with E-state index >= 15 is 0 Å². The summed E-state index contributed by atoms with van der Waals surface area (Å²) >= 11 is 0. The number of benzene rings is 2. The molecule has 0 radical (unpaired) electrons. The Morgan fingerprint density at radius 2 is 1.77 bits per heavy atom. The molecule has 2 amide bonds. The third-order valence-electron chi connectivity index (χ3n) is 5.86. The number of piperidine rings is 1. The molecule has 0 unspecified atom stereocenters. The van der Waals surface area contributed by atoms with Crippen molar-refractivity contribution >= 4 is 17.6 Å². The Kier molecular flexibility index (Phi) is 6.42. The van der Waals surface area contributed by atoms with Gasteiger partial charge in [0.15, 0.2) is 0 Å². The van der Waals surface area contributed by atoms with Crippen LogP contribution in [-0.2, 0) is 0 Å². The van der Waals surface area contributed by atoms with Crippen LogP contribution in [0.25, 0.3) is 11.1 Å². The van der Waals surface area contributed by atoms with E-state index in [2.05, 4.69) is 50.0 Å². The van der Waals surface area contributed by atoms with E-state index in [-0.39, 0.29) is 6.03 Å². The summed E-state index contributed by atoms with van der Waals surface area (Å²) in [6.07, 6.45) is 2.70. The summed E-state index contributed by atoms with van der Waals surface area (Å²) in [5.74, 6) is 0.422. The zero-order valence-corrected chi connectivity index (χ0v) is 18.3. The molecule has 1 saturated heterocycles. The summed E-state index contributed by atoms with van der Waals surface area (Å²) in [5, 5.41) is 13.0. The number of amides is 2. The summed E-state index contributed by atoms with van der Waals surface area (Å²) in [5.41, 5.74) is 5.75. The SMILES string of the molecule is C=C/C(=N\c1c(C)ccc(-c2ccccc2C)c1C)NC(=O)N1CCC(C)(O)CC1. The Hall–Kier alpha value is -2.92. The van der Waals surface area contributed by atoms with E-state index in [0.29, 0.717) is 31.8 Å². The summed E-state index contributed by atoms with van der Waals surface area (Å²) in [6.45, 7) is 12.9. The molecule has 5 nitrogen and oxygen atoms in total. The number of aryl methyl sites for hydroxylation is 2. The van der Waals surface area contributed by atoms with Gasteiger partial charge >= 0.3 is 6.03 Å². The maximum Gasteiger partial charge on any atom is 0.323 e. The molecule has 0 saturated carbocycles. The highest BCUT2D eigenvalue weighted by molar-refractivity contribution is 6.05. The van der Waals surface area contributed by atoms with Crippen LogP contribution in [0.5, 0.6) is 0 Å². The minimum absolute atomic E-state index is 0.213. The van der Waals surface area contributed by atoms with Crippen LogP contribution >= 0.6 is 0 Å². The van der Waals surface area contributed by atoms with E-state index in [1.165, 1.54) is 11.1 Å². The molecule has 2 aromatic rings. The highest BCUT2D eigenvalue weighted by atomic mass is 16.3. The van der Waals surface area contributed by atoms with Gasteiger partial charge in [-0.2, -0.15) is 0 Å². The fourth-order valence-corrected chi connectivity index (χ4v) is 3.80. The average Bonchev–Trinajstić information content (AvgIpc) is 2.71. The van der Waals surface area contributed by atoms with Crippen molar-refractivity contribution in [3.05, 3.63) is 65.7 Å². The smallest absolute Gasteiger partial charge is 0.323 e. The van der Waals surface area contributed by atoms with Gasteiger partial charge in [-0.3, -0.25) is 5.32 Å². The topological polar surface area (TPSA) is 64.9 Å². The number of aliphatic imine (C=N–C) groups is 1. The lowest BCUT2D eigenvalue weighted by atomic mass is 9.94. The summed E-state index contributed by atoms with van der Waals surface area (Å²) < 4.78 is 0. The Morgan fingerprint density at radius 1 is 1.10 bits per heavy atom. The average molecular weight is 406 g/mol. The number of aliphatic hydroxyl groups is 1. The van der Waals surface area contributed by atoms with Crippen molar-refractivity contribution in [1.82, 2.24) is 10.2 Å². The lowest BCUT2D eigenvalue weighted by molar-refractivity contribution is 0.00484. The zero-order valence-electron chi connectivity index (χ0n) is 18.3. The Labute approximate surface area is 179 Å². The van der Waals surface area contributed by atoms with Crippen LogP contribution in [0, 0.1) is 20.8 Å². The lowest BCUT2D eigenvalue weighted by Gasteiger charge is -2.35. The van der Waals surface area contributed by atoms with Crippen molar-refractivity contribution < 1.29 is 9.90 Å². The van der Waals surface area contributed by atoms with Crippen LogP contribution in [0.2, 0.25) is 0 Å². The number of amidine groups is 1. The minimum Gasteiger partial charge on any atom is -0.390 e. The van der Waals surface area contributed by atoms with Crippen molar-refractivity contribution in [3.8, 4) is 11.1 Å². The number of nitrogens with zero attached hydrogens (tertiary/aromatic N) is 2. The summed E-state index contributed by atoms with van der Waals surface area (Å²) in [4.78, 5) is 19.1. The highest BCUT2D eigenvalue weighted by Gasteiger charge is 2.29. The van der Waals surface area contributed by atoms with Crippen molar-refractivity contribution in [2.45, 2.75) is 46.1 Å². The largest absolute Gasteiger partial charge is 0.390 e. The lowest BCUT2D eigenvalue weighted by Crippen LogP contribution is -2.49. The van der Waals surface area contributed by atoms with Gasteiger partial charge in [-0.25, -0.2) is 9.79 Å². The zero-order chi connectivity index (χ0) is 21.9. The second-order valence-electron chi connectivity index (χ2n) is 8.33. The molecule has 2 aromatic carbocycles. The maximum absolute atomic E-state index is 12.7. The van der Waals surface area contributed by atoms with Gasteiger partial charge in [-0.1, -0.05) is 43.0 Å². The molecule has 5 heteroatoms. The number of hydrogen-bond acceptors (Lipinski definition) is 3. The standard InChI is InChI=1S/C25H31N3O2/c1-6-22(27-24(29)28-15-13-25(5,30)14-16-28)26-23-18(3)11-12-21(19(23)4)20-10-8-7-9-17(20)2/h6-12,30H,1,13-16H2,2-5H3,(H,26,27,29). The van der Waals surface area contributed by atoms with E-state index in [9.17, 15) is 9.90 Å². The second kappa shape index (κ2) is 8.84. The third-order valence-corrected chi connectivity index (χ3v) is 5.86. The van der Waals surface area contributed by atoms with Gasteiger partial charge in [0.05, 0.1) is 11.3 Å². The first kappa shape index (κ1) is 21.8. The third kappa shape index (κ3) is 4.79. The number of carbonyl (C=O) groups excluding carboxylic acids is 1. The van der Waals surface area contributed by atoms with Crippen LogP contribution in [-0.4, -0.2) is 40.6 Å². The predicted octanol–water partition coefficient (Wildman–Crippen LogP) is 5.05. The molecule has 0 bridgehead atoms. The number of urea groups is 1. The van der Waals surface area contributed by atoms with Gasteiger partial charge in [0.25, 0.3) is 0 Å². The van der Waals surface area contributed by atoms with Crippen LogP contribution in [0.4, 0.5) is 10.5 Å². The van der Waals surface area contributed by atoms with Gasteiger partial charge in [-0.15, -0.1) is 0 Å². The van der Waals surface area contributed by atoms with Crippen LogP contribution in [0.3, 0.4) is 0 Å². The van der Waals surface area contributed by atoms with Gasteiger partial charge < -0.3 is 10.0 Å². The number of hydrogen-bond donors (Lipinski definition) is 2. The second-order valence-corrected chi connectivity index (χ2v) is 8.33. The van der Waals surface area contributed by atoms with Gasteiger partial charge in [0.1, 0.15) is 5.84 Å². The minimum atomic E-state index is -0.698. The fraction of sp³-hybridized carbons (Fsp3) is 0.360. The van der Waals surface area contributed by atoms with Gasteiger partial charge in [-0.05, 0) is 74.4 Å². The predicted molar refractivity (Wildman–Crippen MR) is 123 cm³/mol. The molecule has 3 rings (SSSR count). The number of nitrogens with one attached hydrogen (secondary N) is 1. The van der Waals surface area contributed by atoms with E-state index in [1.807, 2.05) is 26.0 Å². The first-order chi connectivity index (χ1) is 14.2. The van der Waals surface area contributed by atoms with Crippen LogP contribution < -0.4 is 5.32 Å². The van der Waals surface area contributed by atoms with Crippen LogP contribution in [0.1, 0.15) is 36.5 Å². The quantitative estimate of drug-likeness (QED) is 0.554. The van der Waals surface area contributed by atoms with Crippen molar-refractivity contribution in [1.29, 1.82) is 0 Å². The fourth-order valence-electron chi connectivity index (χ4n) is 3.80. The molecule has 1 heterocycles. The van der Waals surface area contributed by atoms with Gasteiger partial charge in [0, 0.05) is 13.1 Å². The molecule has 1 fully saturated rings. The Bertz CT molecular complexity index is 982.